The molecule has 2 aromatic rings. The summed E-state index contributed by atoms with van der Waals surface area (Å²) >= 11 is 5.88. The third-order valence-electron chi connectivity index (χ3n) is 3.56. The van der Waals surface area contributed by atoms with E-state index in [-0.39, 0.29) is 12.1 Å². The first-order valence-electron chi connectivity index (χ1n) is 6.94. The molecule has 0 radical (unpaired) electrons. The number of aliphatic hydroxyl groups excluding tert-OH is 1. The topological polar surface area (TPSA) is 83.3 Å². The predicted octanol–water partition coefficient (Wildman–Crippen LogP) is 2.07. The van der Waals surface area contributed by atoms with Gasteiger partial charge in [-0.05, 0) is 25.1 Å². The van der Waals surface area contributed by atoms with E-state index in [0.717, 1.165) is 0 Å². The number of nitrogens with zero attached hydrogens (tertiary/aromatic N) is 4. The van der Waals surface area contributed by atoms with Crippen molar-refractivity contribution < 1.29 is 9.90 Å². The number of amides is 2. The zero-order valence-corrected chi connectivity index (χ0v) is 12.7. The SMILES string of the molecule is CC(O)c1cn(C2CN(C(=O)Nc3cccc(Cl)c3)C2)nn1. The van der Waals surface area contributed by atoms with Crippen LogP contribution in [0.5, 0.6) is 0 Å². The Morgan fingerprint density at radius 3 is 2.91 bits per heavy atom. The molecular weight excluding hydrogens is 306 g/mol. The molecule has 1 aromatic heterocycles. The monoisotopic (exact) mass is 321 g/mol. The van der Waals surface area contributed by atoms with E-state index >= 15 is 0 Å². The lowest BCUT2D eigenvalue weighted by Crippen LogP contribution is -2.52. The van der Waals surface area contributed by atoms with Gasteiger partial charge in [-0.15, -0.1) is 5.10 Å². The Morgan fingerprint density at radius 1 is 1.50 bits per heavy atom. The average Bonchev–Trinajstić information content (AvgIpc) is 2.86. The molecule has 0 saturated carbocycles. The highest BCUT2D eigenvalue weighted by Crippen LogP contribution is 2.23. The Kier molecular flexibility index (Phi) is 4.00. The maximum atomic E-state index is 12.1. The Morgan fingerprint density at radius 2 is 2.27 bits per heavy atom. The number of likely N-dealkylation sites (tertiary alicyclic amines) is 1. The molecule has 7 nitrogen and oxygen atoms in total. The quantitative estimate of drug-likeness (QED) is 0.906. The molecule has 2 N–H and O–H groups in total. The number of aromatic nitrogens is 3. The summed E-state index contributed by atoms with van der Waals surface area (Å²) in [6.07, 6.45) is 1.07. The van der Waals surface area contributed by atoms with Gasteiger partial charge in [0.25, 0.3) is 0 Å². The lowest BCUT2D eigenvalue weighted by Gasteiger charge is -2.38. The normalized spacial score (nSPS) is 16.2. The van der Waals surface area contributed by atoms with Gasteiger partial charge >= 0.3 is 6.03 Å². The van der Waals surface area contributed by atoms with Crippen LogP contribution in [0.4, 0.5) is 10.5 Å². The molecule has 22 heavy (non-hydrogen) atoms. The van der Waals surface area contributed by atoms with Gasteiger partial charge in [-0.25, -0.2) is 9.48 Å². The van der Waals surface area contributed by atoms with Crippen molar-refractivity contribution in [2.45, 2.75) is 19.1 Å². The van der Waals surface area contributed by atoms with Crippen LogP contribution in [0.3, 0.4) is 0 Å². The number of benzene rings is 1. The number of urea groups is 1. The largest absolute Gasteiger partial charge is 0.387 e. The van der Waals surface area contributed by atoms with Crippen molar-refractivity contribution in [1.29, 1.82) is 0 Å². The second-order valence-corrected chi connectivity index (χ2v) is 5.74. The second kappa shape index (κ2) is 5.94. The first-order chi connectivity index (χ1) is 10.5. The molecule has 1 aromatic carbocycles. The van der Waals surface area contributed by atoms with Gasteiger partial charge in [-0.3, -0.25) is 0 Å². The highest BCUT2D eigenvalue weighted by molar-refractivity contribution is 6.30. The minimum Gasteiger partial charge on any atom is -0.387 e. The molecule has 1 aliphatic heterocycles. The van der Waals surface area contributed by atoms with Gasteiger partial charge in [0.05, 0.1) is 18.3 Å². The molecule has 1 aliphatic rings. The number of anilines is 1. The average molecular weight is 322 g/mol. The third-order valence-corrected chi connectivity index (χ3v) is 3.79. The van der Waals surface area contributed by atoms with E-state index in [1.54, 1.807) is 47.0 Å². The van der Waals surface area contributed by atoms with E-state index in [9.17, 15) is 9.90 Å². The first-order valence-corrected chi connectivity index (χ1v) is 7.32. The van der Waals surface area contributed by atoms with E-state index < -0.39 is 6.10 Å². The fourth-order valence-electron chi connectivity index (χ4n) is 2.22. The van der Waals surface area contributed by atoms with Crippen LogP contribution in [0, 0.1) is 0 Å². The number of carbonyl (C=O) groups excluding carboxylic acids is 1. The number of rotatable bonds is 3. The van der Waals surface area contributed by atoms with Gasteiger partial charge in [0.15, 0.2) is 0 Å². The fraction of sp³-hybridized carbons (Fsp3) is 0.357. The number of aliphatic hydroxyl groups is 1. The van der Waals surface area contributed by atoms with Crippen molar-refractivity contribution in [1.82, 2.24) is 19.9 Å². The van der Waals surface area contributed by atoms with Crippen LogP contribution in [0.1, 0.15) is 24.8 Å². The molecule has 1 saturated heterocycles. The standard InChI is InChI=1S/C14H16ClN5O2/c1-9(21)13-8-20(18-17-13)12-6-19(7-12)14(22)16-11-4-2-3-10(15)5-11/h2-5,8-9,12,21H,6-7H2,1H3,(H,16,22). The summed E-state index contributed by atoms with van der Waals surface area (Å²) in [5.74, 6) is 0. The van der Waals surface area contributed by atoms with E-state index in [1.807, 2.05) is 0 Å². The lowest BCUT2D eigenvalue weighted by atomic mass is 10.1. The maximum absolute atomic E-state index is 12.1. The summed E-state index contributed by atoms with van der Waals surface area (Å²) in [5, 5.41) is 20.7. The van der Waals surface area contributed by atoms with E-state index in [2.05, 4.69) is 15.6 Å². The van der Waals surface area contributed by atoms with Crippen molar-refractivity contribution in [3.05, 3.63) is 41.2 Å². The van der Waals surface area contributed by atoms with Crippen LogP contribution in [0.2, 0.25) is 5.02 Å². The Labute approximate surface area is 132 Å². The number of halogens is 1. The molecule has 116 valence electrons. The third kappa shape index (κ3) is 3.05. The zero-order chi connectivity index (χ0) is 15.7. The molecule has 1 unspecified atom stereocenters. The molecular formula is C14H16ClN5O2. The van der Waals surface area contributed by atoms with Gasteiger partial charge in [-0.1, -0.05) is 22.9 Å². The van der Waals surface area contributed by atoms with E-state index in [0.29, 0.717) is 29.5 Å². The lowest BCUT2D eigenvalue weighted by molar-refractivity contribution is 0.127. The van der Waals surface area contributed by atoms with Gasteiger partial charge in [0, 0.05) is 23.8 Å². The van der Waals surface area contributed by atoms with Crippen molar-refractivity contribution in [2.75, 3.05) is 18.4 Å². The minimum atomic E-state index is -0.643. The number of hydrogen-bond acceptors (Lipinski definition) is 4. The molecule has 8 heteroatoms. The first kappa shape index (κ1) is 14.8. The summed E-state index contributed by atoms with van der Waals surface area (Å²) in [6, 6.07) is 6.93. The van der Waals surface area contributed by atoms with Crippen molar-refractivity contribution in [2.24, 2.45) is 0 Å². The number of nitrogens with one attached hydrogen (secondary N) is 1. The minimum absolute atomic E-state index is 0.0881. The summed E-state index contributed by atoms with van der Waals surface area (Å²) in [6.45, 7) is 2.74. The molecule has 2 heterocycles. The molecule has 3 rings (SSSR count). The van der Waals surface area contributed by atoms with Crippen LogP contribution in [-0.2, 0) is 0 Å². The Bertz CT molecular complexity index is 681. The summed E-state index contributed by atoms with van der Waals surface area (Å²) in [7, 11) is 0. The van der Waals surface area contributed by atoms with Crippen LogP contribution in [0.25, 0.3) is 0 Å². The van der Waals surface area contributed by atoms with Gasteiger partial charge in [0.1, 0.15) is 5.69 Å². The highest BCUT2D eigenvalue weighted by atomic mass is 35.5. The molecule has 1 fully saturated rings. The van der Waals surface area contributed by atoms with Crippen LogP contribution in [-0.4, -0.2) is 44.1 Å². The second-order valence-electron chi connectivity index (χ2n) is 5.30. The number of carbonyl (C=O) groups is 1. The van der Waals surface area contributed by atoms with Crippen LogP contribution < -0.4 is 5.32 Å². The summed E-state index contributed by atoms with van der Waals surface area (Å²) < 4.78 is 1.69. The van der Waals surface area contributed by atoms with Crippen molar-refractivity contribution in [3.63, 3.8) is 0 Å². The summed E-state index contributed by atoms with van der Waals surface area (Å²) in [5.41, 5.74) is 1.19. The number of hydrogen-bond donors (Lipinski definition) is 2. The molecule has 2 amide bonds. The van der Waals surface area contributed by atoms with Gasteiger partial charge < -0.3 is 15.3 Å². The molecule has 0 spiro atoms. The Hall–Kier alpha value is -2.12. The molecule has 1 atom stereocenters. The maximum Gasteiger partial charge on any atom is 0.321 e. The van der Waals surface area contributed by atoms with Crippen LogP contribution in [0.15, 0.2) is 30.5 Å². The van der Waals surface area contributed by atoms with Crippen LogP contribution >= 0.6 is 11.6 Å². The molecule has 0 bridgehead atoms. The van der Waals surface area contributed by atoms with Crippen molar-refractivity contribution in [3.8, 4) is 0 Å². The van der Waals surface area contributed by atoms with Crippen molar-refractivity contribution >= 4 is 23.3 Å². The summed E-state index contributed by atoms with van der Waals surface area (Å²) in [4.78, 5) is 13.8. The fourth-order valence-corrected chi connectivity index (χ4v) is 2.41. The van der Waals surface area contributed by atoms with Gasteiger partial charge in [-0.2, -0.15) is 0 Å². The smallest absolute Gasteiger partial charge is 0.321 e. The molecule has 0 aliphatic carbocycles. The van der Waals surface area contributed by atoms with Gasteiger partial charge in [0.2, 0.25) is 0 Å². The zero-order valence-electron chi connectivity index (χ0n) is 12.0. The van der Waals surface area contributed by atoms with E-state index in [4.69, 9.17) is 11.6 Å². The highest BCUT2D eigenvalue weighted by Gasteiger charge is 2.33. The Balaban J connectivity index is 1.55. The predicted molar refractivity (Wildman–Crippen MR) is 81.7 cm³/mol. The van der Waals surface area contributed by atoms with E-state index in [1.165, 1.54) is 0 Å².